The van der Waals surface area contributed by atoms with Crippen LogP contribution in [0.5, 0.6) is 5.75 Å². The van der Waals surface area contributed by atoms with Gasteiger partial charge in [-0.1, -0.05) is 17.7 Å². The van der Waals surface area contributed by atoms with Gasteiger partial charge < -0.3 is 19.3 Å². The first kappa shape index (κ1) is 26.7. The van der Waals surface area contributed by atoms with Gasteiger partial charge in [0.05, 0.1) is 31.2 Å². The molecule has 2 aromatic carbocycles. The molecule has 9 nitrogen and oxygen atoms in total. The minimum Gasteiger partial charge on any atom is -0.496 e. The lowest BCUT2D eigenvalue weighted by Crippen LogP contribution is -2.42. The molecule has 0 aromatic heterocycles. The van der Waals surface area contributed by atoms with E-state index < -0.39 is 77.8 Å². The molecule has 0 unspecified atom stereocenters. The Labute approximate surface area is 205 Å². The molecule has 36 heavy (non-hydrogen) atoms. The summed E-state index contributed by atoms with van der Waals surface area (Å²) in [5.41, 5.74) is -6.33. The van der Waals surface area contributed by atoms with E-state index in [9.17, 15) is 32.3 Å². The van der Waals surface area contributed by atoms with E-state index in [4.69, 9.17) is 21.4 Å². The van der Waals surface area contributed by atoms with Crippen LogP contribution in [0.2, 0.25) is 5.02 Å². The number of amides is 2. The summed E-state index contributed by atoms with van der Waals surface area (Å²) in [6.45, 7) is -1.12. The lowest BCUT2D eigenvalue weighted by molar-refractivity contribution is -0.154. The fourth-order valence-corrected chi connectivity index (χ4v) is 3.62. The highest BCUT2D eigenvalue weighted by molar-refractivity contribution is 6.31. The molecule has 3 rings (SSSR count). The SMILES string of the molecule is COc1ccc(Cl)cc1[C@]1(F)C(=O)N(C(=O)OCOC(=O)CCC(=O)O)c2cc(C(F)(F)F)ccc21. The smallest absolute Gasteiger partial charge is 0.424 e. The molecule has 1 heterocycles. The number of ether oxygens (including phenoxy) is 3. The summed E-state index contributed by atoms with van der Waals surface area (Å²) in [4.78, 5) is 47.9. The van der Waals surface area contributed by atoms with Crippen molar-refractivity contribution in [3.63, 3.8) is 0 Å². The maximum Gasteiger partial charge on any atom is 0.424 e. The molecule has 0 radical (unpaired) electrons. The molecule has 2 aromatic rings. The van der Waals surface area contributed by atoms with E-state index in [0.29, 0.717) is 18.2 Å². The van der Waals surface area contributed by atoms with E-state index in [1.54, 1.807) is 0 Å². The lowest BCUT2D eigenvalue weighted by Gasteiger charge is -2.22. The van der Waals surface area contributed by atoms with Gasteiger partial charge in [-0.3, -0.25) is 14.4 Å². The molecule has 192 valence electrons. The van der Waals surface area contributed by atoms with Gasteiger partial charge in [0.1, 0.15) is 5.75 Å². The van der Waals surface area contributed by atoms with E-state index in [0.717, 1.165) is 13.2 Å². The van der Waals surface area contributed by atoms with Crippen LogP contribution in [0.25, 0.3) is 0 Å². The molecule has 1 aliphatic heterocycles. The Morgan fingerprint density at radius 1 is 1.06 bits per heavy atom. The van der Waals surface area contributed by atoms with Crippen LogP contribution >= 0.6 is 11.6 Å². The molecule has 1 N–H and O–H groups in total. The fraction of sp³-hybridized carbons (Fsp3) is 0.273. The van der Waals surface area contributed by atoms with E-state index >= 15 is 4.39 Å². The number of hydrogen-bond donors (Lipinski definition) is 1. The average molecular weight is 534 g/mol. The van der Waals surface area contributed by atoms with Crippen LogP contribution in [0.15, 0.2) is 36.4 Å². The van der Waals surface area contributed by atoms with E-state index in [2.05, 4.69) is 9.47 Å². The number of hydrogen-bond acceptors (Lipinski definition) is 7. The number of carboxylic acid groups (broad SMARTS) is 1. The second-order valence-electron chi connectivity index (χ2n) is 7.31. The van der Waals surface area contributed by atoms with Gasteiger partial charge in [-0.2, -0.15) is 13.2 Å². The van der Waals surface area contributed by atoms with Crippen molar-refractivity contribution in [2.75, 3.05) is 18.8 Å². The number of anilines is 1. The summed E-state index contributed by atoms with van der Waals surface area (Å²) in [6, 6.07) is 5.22. The monoisotopic (exact) mass is 533 g/mol. The maximum atomic E-state index is 16.6. The topological polar surface area (TPSA) is 119 Å². The Morgan fingerprint density at radius 3 is 2.36 bits per heavy atom. The Kier molecular flexibility index (Phi) is 7.43. The molecule has 0 aliphatic carbocycles. The molecule has 1 aliphatic rings. The number of aliphatic carboxylic acids is 1. The maximum absolute atomic E-state index is 16.6. The Hall–Kier alpha value is -3.87. The largest absolute Gasteiger partial charge is 0.496 e. The Bertz CT molecular complexity index is 1240. The molecule has 0 saturated carbocycles. The number of rotatable bonds is 7. The summed E-state index contributed by atoms with van der Waals surface area (Å²) >= 11 is 5.94. The minimum atomic E-state index is -4.90. The number of carbonyl (C=O) groups excluding carboxylic acids is 3. The number of halogens is 5. The highest BCUT2D eigenvalue weighted by Crippen LogP contribution is 2.51. The van der Waals surface area contributed by atoms with Crippen molar-refractivity contribution < 1.29 is 56.1 Å². The number of imide groups is 1. The first-order chi connectivity index (χ1) is 16.8. The number of carboxylic acids is 1. The molecule has 2 amide bonds. The minimum absolute atomic E-state index is 0.0293. The second-order valence-corrected chi connectivity index (χ2v) is 7.75. The van der Waals surface area contributed by atoms with Crippen molar-refractivity contribution in [3.05, 3.63) is 58.1 Å². The zero-order valence-electron chi connectivity index (χ0n) is 18.2. The fourth-order valence-electron chi connectivity index (χ4n) is 3.45. The summed E-state index contributed by atoms with van der Waals surface area (Å²) in [5, 5.41) is 8.52. The normalized spacial score (nSPS) is 16.9. The van der Waals surface area contributed by atoms with Crippen LogP contribution in [-0.4, -0.2) is 42.9 Å². The summed E-state index contributed by atoms with van der Waals surface area (Å²) in [7, 11) is 1.16. The molecule has 1 atom stereocenters. The van der Waals surface area contributed by atoms with Crippen molar-refractivity contribution in [2.24, 2.45) is 0 Å². The number of nitrogens with zero attached hydrogens (tertiary/aromatic N) is 1. The molecular weight excluding hydrogens is 518 g/mol. The number of fused-ring (bicyclic) bond motifs is 1. The second kappa shape index (κ2) is 10.0. The zero-order valence-corrected chi connectivity index (χ0v) is 19.0. The summed E-state index contributed by atoms with van der Waals surface area (Å²) < 4.78 is 70.8. The molecular formula is C22H16ClF4NO8. The number of benzene rings is 2. The van der Waals surface area contributed by atoms with Gasteiger partial charge in [-0.25, -0.2) is 14.1 Å². The standard InChI is InChI=1S/C22H16ClF4NO8/c1-34-16-5-3-12(23)9-14(16)21(24)13-4-2-11(22(25,26)27)8-15(13)28(19(21)32)20(33)36-10-35-18(31)7-6-17(29)30/h2-5,8-9H,6-7,10H2,1H3,(H,29,30)/t21-/m0/s1. The molecule has 0 fully saturated rings. The van der Waals surface area contributed by atoms with Crippen LogP contribution in [-0.2, 0) is 35.7 Å². The first-order valence-electron chi connectivity index (χ1n) is 9.94. The molecule has 14 heteroatoms. The number of carbonyl (C=O) groups is 4. The van der Waals surface area contributed by atoms with Gasteiger partial charge in [0.2, 0.25) is 12.5 Å². The van der Waals surface area contributed by atoms with E-state index in [1.807, 2.05) is 0 Å². The number of alkyl halides is 4. The molecule has 0 bridgehead atoms. The Morgan fingerprint density at radius 2 is 1.75 bits per heavy atom. The predicted octanol–water partition coefficient (Wildman–Crippen LogP) is 4.43. The quantitative estimate of drug-likeness (QED) is 0.315. The highest BCUT2D eigenvalue weighted by Gasteiger charge is 2.57. The summed E-state index contributed by atoms with van der Waals surface area (Å²) in [5.74, 6) is -4.16. The van der Waals surface area contributed by atoms with Crippen molar-refractivity contribution in [3.8, 4) is 5.75 Å². The van der Waals surface area contributed by atoms with Gasteiger partial charge in [0.25, 0.3) is 5.91 Å². The number of methoxy groups -OCH3 is 1. The molecule has 0 saturated heterocycles. The Balaban J connectivity index is 2.00. The number of esters is 1. The van der Waals surface area contributed by atoms with E-state index in [-0.39, 0.29) is 15.7 Å². The van der Waals surface area contributed by atoms with Crippen LogP contribution in [0.3, 0.4) is 0 Å². The van der Waals surface area contributed by atoms with Crippen molar-refractivity contribution >= 4 is 41.2 Å². The van der Waals surface area contributed by atoms with Gasteiger partial charge in [-0.15, -0.1) is 0 Å². The third kappa shape index (κ3) is 5.05. The van der Waals surface area contributed by atoms with Crippen LogP contribution in [0.1, 0.15) is 29.5 Å². The third-order valence-corrected chi connectivity index (χ3v) is 5.33. The highest BCUT2D eigenvalue weighted by atomic mass is 35.5. The van der Waals surface area contributed by atoms with Gasteiger partial charge >= 0.3 is 24.2 Å². The lowest BCUT2D eigenvalue weighted by atomic mass is 9.88. The van der Waals surface area contributed by atoms with Crippen LogP contribution in [0, 0.1) is 0 Å². The van der Waals surface area contributed by atoms with Gasteiger partial charge in [0.15, 0.2) is 0 Å². The van der Waals surface area contributed by atoms with Crippen LogP contribution in [0.4, 0.5) is 28.0 Å². The van der Waals surface area contributed by atoms with Crippen LogP contribution < -0.4 is 9.64 Å². The molecule has 0 spiro atoms. The van der Waals surface area contributed by atoms with Crippen molar-refractivity contribution in [1.82, 2.24) is 0 Å². The summed E-state index contributed by atoms with van der Waals surface area (Å²) in [6.07, 6.45) is -7.68. The average Bonchev–Trinajstić information content (AvgIpc) is 3.04. The zero-order chi connectivity index (χ0) is 26.8. The van der Waals surface area contributed by atoms with Gasteiger partial charge in [0, 0.05) is 16.1 Å². The van der Waals surface area contributed by atoms with E-state index in [1.165, 1.54) is 12.1 Å². The van der Waals surface area contributed by atoms with Crippen molar-refractivity contribution in [1.29, 1.82) is 0 Å². The predicted molar refractivity (Wildman–Crippen MR) is 113 cm³/mol. The first-order valence-corrected chi connectivity index (χ1v) is 10.3. The van der Waals surface area contributed by atoms with Crippen molar-refractivity contribution in [2.45, 2.75) is 24.7 Å². The third-order valence-electron chi connectivity index (χ3n) is 5.10. The van der Waals surface area contributed by atoms with Gasteiger partial charge in [-0.05, 0) is 30.3 Å².